The highest BCUT2D eigenvalue weighted by Gasteiger charge is 2.02. The second-order valence-corrected chi connectivity index (χ2v) is 3.39. The van der Waals surface area contributed by atoms with Crippen molar-refractivity contribution in [2.45, 2.75) is 27.7 Å². The lowest BCUT2D eigenvalue weighted by Crippen LogP contribution is -2.14. The van der Waals surface area contributed by atoms with E-state index < -0.39 is 0 Å². The Labute approximate surface area is 100 Å². The standard InChI is InChI=1S/C15H23N/c1-6-10-13-15(12-8-3)16(5)14(9-4)11-7-2/h6-13H,1-5H3/b10-6-,11-7-,12-8-,14-9+,15-13+. The van der Waals surface area contributed by atoms with Crippen LogP contribution in [0.4, 0.5) is 0 Å². The van der Waals surface area contributed by atoms with Gasteiger partial charge in [0, 0.05) is 18.4 Å². The van der Waals surface area contributed by atoms with E-state index in [2.05, 4.69) is 61.4 Å². The molecule has 0 rings (SSSR count). The predicted molar refractivity (Wildman–Crippen MR) is 74.0 cm³/mol. The number of allylic oxidation sites excluding steroid dienone is 8. The summed E-state index contributed by atoms with van der Waals surface area (Å²) in [6.45, 7) is 8.13. The molecule has 0 N–H and O–H groups in total. The Morgan fingerprint density at radius 1 is 0.812 bits per heavy atom. The van der Waals surface area contributed by atoms with Crippen LogP contribution in [0.25, 0.3) is 0 Å². The molecule has 0 radical (unpaired) electrons. The van der Waals surface area contributed by atoms with E-state index >= 15 is 0 Å². The van der Waals surface area contributed by atoms with Gasteiger partial charge in [-0.15, -0.1) is 0 Å². The summed E-state index contributed by atoms with van der Waals surface area (Å²) in [4.78, 5) is 2.17. The van der Waals surface area contributed by atoms with Crippen LogP contribution in [-0.2, 0) is 0 Å². The molecule has 0 saturated carbocycles. The molecule has 0 amide bonds. The third kappa shape index (κ3) is 4.83. The number of likely N-dealkylation sites (N-methyl/N-ethyl adjacent to an activating group) is 1. The molecular weight excluding hydrogens is 194 g/mol. The summed E-state index contributed by atoms with van der Waals surface area (Å²) < 4.78 is 0. The van der Waals surface area contributed by atoms with Gasteiger partial charge < -0.3 is 4.90 Å². The second kappa shape index (κ2) is 8.78. The summed E-state index contributed by atoms with van der Waals surface area (Å²) in [5.41, 5.74) is 2.36. The monoisotopic (exact) mass is 217 g/mol. The van der Waals surface area contributed by atoms with Crippen molar-refractivity contribution in [3.05, 3.63) is 60.0 Å². The molecule has 0 heterocycles. The molecule has 0 spiro atoms. The molecule has 0 aromatic rings. The van der Waals surface area contributed by atoms with Crippen LogP contribution in [0.2, 0.25) is 0 Å². The van der Waals surface area contributed by atoms with Crippen LogP contribution >= 0.6 is 0 Å². The summed E-state index contributed by atoms with van der Waals surface area (Å²) in [5.74, 6) is 0. The Morgan fingerprint density at radius 2 is 1.38 bits per heavy atom. The van der Waals surface area contributed by atoms with Gasteiger partial charge in [0.25, 0.3) is 0 Å². The normalized spacial score (nSPS) is 14.6. The van der Waals surface area contributed by atoms with Crippen LogP contribution in [0.15, 0.2) is 60.0 Å². The van der Waals surface area contributed by atoms with Crippen LogP contribution in [0, 0.1) is 0 Å². The van der Waals surface area contributed by atoms with E-state index in [1.165, 1.54) is 11.4 Å². The average Bonchev–Trinajstić information content (AvgIpc) is 2.30. The summed E-state index contributed by atoms with van der Waals surface area (Å²) in [6.07, 6.45) is 16.6. The SMILES string of the molecule is C\C=C/C=C(\C=C/C)N(C)C(/C=C\C)=C/C. The van der Waals surface area contributed by atoms with Crippen molar-refractivity contribution in [1.29, 1.82) is 0 Å². The van der Waals surface area contributed by atoms with Gasteiger partial charge in [-0.2, -0.15) is 0 Å². The van der Waals surface area contributed by atoms with Crippen molar-refractivity contribution in [2.75, 3.05) is 7.05 Å². The van der Waals surface area contributed by atoms with Gasteiger partial charge in [0.1, 0.15) is 0 Å². The molecule has 0 bridgehead atoms. The minimum Gasteiger partial charge on any atom is -0.345 e. The van der Waals surface area contributed by atoms with Gasteiger partial charge in [-0.25, -0.2) is 0 Å². The predicted octanol–water partition coefficient (Wildman–Crippen LogP) is 4.43. The summed E-state index contributed by atoms with van der Waals surface area (Å²) in [7, 11) is 2.07. The van der Waals surface area contributed by atoms with E-state index in [0.717, 1.165) is 0 Å². The average molecular weight is 217 g/mol. The minimum absolute atomic E-state index is 1.17. The first-order valence-corrected chi connectivity index (χ1v) is 5.69. The van der Waals surface area contributed by atoms with Crippen LogP contribution < -0.4 is 0 Å². The fraction of sp³-hybridized carbons (Fsp3) is 0.333. The van der Waals surface area contributed by atoms with Crippen molar-refractivity contribution in [1.82, 2.24) is 4.90 Å². The number of hydrogen-bond acceptors (Lipinski definition) is 1. The highest BCUT2D eigenvalue weighted by molar-refractivity contribution is 5.30. The molecule has 16 heavy (non-hydrogen) atoms. The molecule has 0 saturated heterocycles. The van der Waals surface area contributed by atoms with Gasteiger partial charge in [-0.05, 0) is 45.9 Å². The molecule has 0 atom stereocenters. The van der Waals surface area contributed by atoms with Gasteiger partial charge in [0.2, 0.25) is 0 Å². The maximum Gasteiger partial charge on any atom is 0.0404 e. The Morgan fingerprint density at radius 3 is 1.81 bits per heavy atom. The Balaban J connectivity index is 5.07. The van der Waals surface area contributed by atoms with Crippen molar-refractivity contribution >= 4 is 0 Å². The minimum atomic E-state index is 1.17. The molecule has 1 heteroatoms. The lowest BCUT2D eigenvalue weighted by atomic mass is 10.2. The lowest BCUT2D eigenvalue weighted by molar-refractivity contribution is 0.552. The Bertz CT molecular complexity index is 327. The molecule has 0 aliphatic carbocycles. The third-order valence-electron chi connectivity index (χ3n) is 2.20. The zero-order chi connectivity index (χ0) is 12.4. The van der Waals surface area contributed by atoms with Crippen molar-refractivity contribution in [2.24, 2.45) is 0 Å². The summed E-state index contributed by atoms with van der Waals surface area (Å²) >= 11 is 0. The molecule has 0 aliphatic heterocycles. The summed E-state index contributed by atoms with van der Waals surface area (Å²) in [5, 5.41) is 0. The zero-order valence-corrected chi connectivity index (χ0v) is 11.1. The van der Waals surface area contributed by atoms with Crippen molar-refractivity contribution in [3.8, 4) is 0 Å². The smallest absolute Gasteiger partial charge is 0.0404 e. The number of hydrogen-bond donors (Lipinski definition) is 0. The quantitative estimate of drug-likeness (QED) is 0.616. The highest BCUT2D eigenvalue weighted by atomic mass is 15.1. The molecule has 0 fully saturated rings. The Hall–Kier alpha value is -1.50. The fourth-order valence-electron chi connectivity index (χ4n) is 1.37. The van der Waals surface area contributed by atoms with Crippen LogP contribution in [-0.4, -0.2) is 11.9 Å². The van der Waals surface area contributed by atoms with E-state index in [-0.39, 0.29) is 0 Å². The largest absolute Gasteiger partial charge is 0.345 e. The summed E-state index contributed by atoms with van der Waals surface area (Å²) in [6, 6.07) is 0. The topological polar surface area (TPSA) is 3.24 Å². The van der Waals surface area contributed by atoms with Crippen molar-refractivity contribution in [3.63, 3.8) is 0 Å². The van der Waals surface area contributed by atoms with E-state index in [1.807, 2.05) is 26.8 Å². The Kier molecular flexibility index (Phi) is 7.96. The van der Waals surface area contributed by atoms with Crippen LogP contribution in [0.5, 0.6) is 0 Å². The van der Waals surface area contributed by atoms with Gasteiger partial charge in [0.15, 0.2) is 0 Å². The van der Waals surface area contributed by atoms with E-state index in [4.69, 9.17) is 0 Å². The first-order valence-electron chi connectivity index (χ1n) is 5.69. The second-order valence-electron chi connectivity index (χ2n) is 3.39. The van der Waals surface area contributed by atoms with E-state index in [0.29, 0.717) is 0 Å². The van der Waals surface area contributed by atoms with Crippen LogP contribution in [0.1, 0.15) is 27.7 Å². The highest BCUT2D eigenvalue weighted by Crippen LogP contribution is 2.13. The molecule has 0 aromatic heterocycles. The number of nitrogens with zero attached hydrogens (tertiary/aromatic N) is 1. The molecule has 0 aliphatic rings. The van der Waals surface area contributed by atoms with E-state index in [1.54, 1.807) is 0 Å². The molecule has 88 valence electrons. The van der Waals surface area contributed by atoms with E-state index in [9.17, 15) is 0 Å². The molecule has 0 aromatic carbocycles. The van der Waals surface area contributed by atoms with Gasteiger partial charge >= 0.3 is 0 Å². The third-order valence-corrected chi connectivity index (χ3v) is 2.20. The first kappa shape index (κ1) is 14.5. The maximum atomic E-state index is 2.17. The maximum absolute atomic E-state index is 2.17. The molecule has 0 unspecified atom stereocenters. The van der Waals surface area contributed by atoms with Gasteiger partial charge in [-0.1, -0.05) is 30.4 Å². The first-order chi connectivity index (χ1) is 7.71. The number of rotatable bonds is 5. The van der Waals surface area contributed by atoms with Gasteiger partial charge in [0.05, 0.1) is 0 Å². The molecule has 1 nitrogen and oxygen atoms in total. The van der Waals surface area contributed by atoms with Crippen molar-refractivity contribution < 1.29 is 0 Å². The lowest BCUT2D eigenvalue weighted by Gasteiger charge is -2.21. The molecular formula is C15H23N. The zero-order valence-electron chi connectivity index (χ0n) is 11.1. The van der Waals surface area contributed by atoms with Gasteiger partial charge in [-0.3, -0.25) is 0 Å². The fourth-order valence-corrected chi connectivity index (χ4v) is 1.37. The van der Waals surface area contributed by atoms with Crippen LogP contribution in [0.3, 0.4) is 0 Å².